The van der Waals surface area contributed by atoms with Gasteiger partial charge in [0.05, 0.1) is 23.7 Å². The lowest BCUT2D eigenvalue weighted by Crippen LogP contribution is -2.24. The number of aliphatic hydroxyl groups excluding tert-OH is 1. The zero-order valence-corrected chi connectivity index (χ0v) is 16.2. The summed E-state index contributed by atoms with van der Waals surface area (Å²) in [6.07, 6.45) is 0. The van der Waals surface area contributed by atoms with E-state index in [2.05, 4.69) is 52.3 Å². The van der Waals surface area contributed by atoms with Crippen LogP contribution in [0.5, 0.6) is 11.5 Å². The summed E-state index contributed by atoms with van der Waals surface area (Å²) in [6.45, 7) is 2.55. The van der Waals surface area contributed by atoms with Crippen LogP contribution in [0.4, 0.5) is 0 Å². The second-order valence-corrected chi connectivity index (χ2v) is 7.23. The highest BCUT2D eigenvalue weighted by Crippen LogP contribution is 2.44. The lowest BCUT2D eigenvalue weighted by molar-refractivity contribution is 0.262. The first-order valence-corrected chi connectivity index (χ1v) is 10.1. The largest absolute Gasteiger partial charge is 0.492 e. The van der Waals surface area contributed by atoms with Gasteiger partial charge in [0.1, 0.15) is 24.7 Å². The third-order valence-electron chi connectivity index (χ3n) is 5.49. The van der Waals surface area contributed by atoms with Gasteiger partial charge in [-0.2, -0.15) is 0 Å². The van der Waals surface area contributed by atoms with E-state index in [0.717, 1.165) is 33.3 Å². The Kier molecular flexibility index (Phi) is 4.84. The molecule has 4 aromatic rings. The molecule has 0 fully saturated rings. The first kappa shape index (κ1) is 18.0. The van der Waals surface area contributed by atoms with Crippen LogP contribution in [0.2, 0.25) is 0 Å². The Morgan fingerprint density at radius 1 is 1.00 bits per heavy atom. The number of aliphatic hydroxyl groups is 1. The molecule has 0 amide bonds. The van der Waals surface area contributed by atoms with Gasteiger partial charge < -0.3 is 24.5 Å². The van der Waals surface area contributed by atoms with E-state index in [9.17, 15) is 0 Å². The van der Waals surface area contributed by atoms with Gasteiger partial charge in [0.25, 0.3) is 0 Å². The highest BCUT2D eigenvalue weighted by Gasteiger charge is 2.28. The zero-order chi connectivity index (χ0) is 19.6. The second-order valence-electron chi connectivity index (χ2n) is 7.23. The molecule has 5 nitrogen and oxygen atoms in total. The summed E-state index contributed by atoms with van der Waals surface area (Å²) in [5.41, 5.74) is 3.52. The Morgan fingerprint density at radius 2 is 1.86 bits per heavy atom. The van der Waals surface area contributed by atoms with Crippen molar-refractivity contribution in [3.8, 4) is 11.5 Å². The minimum atomic E-state index is 0.118. The van der Waals surface area contributed by atoms with Crippen LogP contribution in [0.3, 0.4) is 0 Å². The molecule has 0 saturated heterocycles. The summed E-state index contributed by atoms with van der Waals surface area (Å²) >= 11 is 0. The lowest BCUT2D eigenvalue weighted by atomic mass is 10.1. The van der Waals surface area contributed by atoms with Crippen molar-refractivity contribution in [3.05, 3.63) is 72.3 Å². The first-order chi connectivity index (χ1) is 14.4. The van der Waals surface area contributed by atoms with Crippen molar-refractivity contribution in [1.82, 2.24) is 9.88 Å². The van der Waals surface area contributed by atoms with Gasteiger partial charge in [-0.05, 0) is 23.8 Å². The molecule has 148 valence electrons. The lowest BCUT2D eigenvalue weighted by Gasteiger charge is -2.27. The van der Waals surface area contributed by atoms with Gasteiger partial charge in [-0.1, -0.05) is 48.5 Å². The van der Waals surface area contributed by atoms with Crippen LogP contribution >= 0.6 is 0 Å². The predicted octanol–water partition coefficient (Wildman–Crippen LogP) is 3.74. The number of nitrogens with one attached hydrogen (secondary N) is 1. The molecule has 0 spiro atoms. The van der Waals surface area contributed by atoms with Crippen molar-refractivity contribution in [2.75, 3.05) is 32.9 Å². The normalized spacial score (nSPS) is 15.6. The Hall–Kier alpha value is -3.02. The average Bonchev–Trinajstić information content (AvgIpc) is 3.12. The molecule has 5 heteroatoms. The smallest absolute Gasteiger partial charge is 0.143 e. The van der Waals surface area contributed by atoms with E-state index in [-0.39, 0.29) is 12.6 Å². The second kappa shape index (κ2) is 7.78. The third-order valence-corrected chi connectivity index (χ3v) is 5.49. The summed E-state index contributed by atoms with van der Waals surface area (Å²) in [7, 11) is 0. The molecule has 2 N–H and O–H groups in total. The van der Waals surface area contributed by atoms with Crippen molar-refractivity contribution in [1.29, 1.82) is 0 Å². The van der Waals surface area contributed by atoms with Crippen molar-refractivity contribution in [2.45, 2.75) is 6.04 Å². The van der Waals surface area contributed by atoms with Gasteiger partial charge in [-0.3, -0.25) is 0 Å². The predicted molar refractivity (Wildman–Crippen MR) is 115 cm³/mol. The number of hydrogen-bond acceptors (Lipinski definition) is 4. The average molecular weight is 388 g/mol. The summed E-state index contributed by atoms with van der Waals surface area (Å²) in [5, 5.41) is 14.3. The Bertz CT molecular complexity index is 1140. The minimum Gasteiger partial charge on any atom is -0.492 e. The van der Waals surface area contributed by atoms with E-state index in [1.54, 1.807) is 0 Å². The maximum Gasteiger partial charge on any atom is 0.143 e. The van der Waals surface area contributed by atoms with E-state index in [1.807, 2.05) is 24.3 Å². The SMILES string of the molecule is OCCNCCOc1cccc2c1c1cccc3c1n2[C@H](c1ccccc1)CO3. The van der Waals surface area contributed by atoms with Crippen LogP contribution in [0.15, 0.2) is 66.7 Å². The highest BCUT2D eigenvalue weighted by atomic mass is 16.5. The molecule has 0 bridgehead atoms. The summed E-state index contributed by atoms with van der Waals surface area (Å²) < 4.78 is 14.7. The molecular weight excluding hydrogens is 364 g/mol. The number of aromatic nitrogens is 1. The molecule has 1 aromatic heterocycles. The van der Waals surface area contributed by atoms with E-state index in [1.165, 1.54) is 5.56 Å². The van der Waals surface area contributed by atoms with Gasteiger partial charge in [0.2, 0.25) is 0 Å². The van der Waals surface area contributed by atoms with Crippen LogP contribution in [0.25, 0.3) is 21.8 Å². The molecular formula is C24H24N2O3. The molecule has 0 radical (unpaired) electrons. The standard InChI is InChI=1S/C24H24N2O3/c27-14-12-25-13-15-28-21-10-5-9-19-23(21)18-8-4-11-22-24(18)26(19)20(16-29-22)17-6-2-1-3-7-17/h1-11,20,25,27H,12-16H2/t20-/m0/s1. The van der Waals surface area contributed by atoms with Crippen LogP contribution in [0, 0.1) is 0 Å². The first-order valence-electron chi connectivity index (χ1n) is 10.1. The number of ether oxygens (including phenoxy) is 2. The third kappa shape index (κ3) is 3.12. The molecule has 0 saturated carbocycles. The van der Waals surface area contributed by atoms with Crippen molar-refractivity contribution in [3.63, 3.8) is 0 Å². The fraction of sp³-hybridized carbons (Fsp3) is 0.250. The fourth-order valence-electron chi connectivity index (χ4n) is 4.25. The molecule has 5 rings (SSSR count). The number of nitrogens with zero attached hydrogens (tertiary/aromatic N) is 1. The number of rotatable bonds is 7. The fourth-order valence-corrected chi connectivity index (χ4v) is 4.25. The quantitative estimate of drug-likeness (QED) is 0.474. The number of benzene rings is 3. The van der Waals surface area contributed by atoms with Gasteiger partial charge in [-0.25, -0.2) is 0 Å². The minimum absolute atomic E-state index is 0.118. The molecule has 0 unspecified atom stereocenters. The van der Waals surface area contributed by atoms with E-state index >= 15 is 0 Å². The number of fused-ring (bicyclic) bond motifs is 3. The topological polar surface area (TPSA) is 55.6 Å². The Labute approximate surface area is 169 Å². The van der Waals surface area contributed by atoms with Crippen LogP contribution in [-0.4, -0.2) is 42.6 Å². The molecule has 1 atom stereocenters. The monoisotopic (exact) mass is 388 g/mol. The van der Waals surface area contributed by atoms with E-state index in [4.69, 9.17) is 14.6 Å². The van der Waals surface area contributed by atoms with Crippen molar-refractivity contribution < 1.29 is 14.6 Å². The van der Waals surface area contributed by atoms with Crippen LogP contribution < -0.4 is 14.8 Å². The molecule has 0 aliphatic carbocycles. The van der Waals surface area contributed by atoms with Gasteiger partial charge in [0.15, 0.2) is 0 Å². The molecule has 2 heterocycles. The zero-order valence-electron chi connectivity index (χ0n) is 16.2. The Morgan fingerprint density at radius 3 is 2.72 bits per heavy atom. The van der Waals surface area contributed by atoms with Crippen LogP contribution in [0.1, 0.15) is 11.6 Å². The van der Waals surface area contributed by atoms with Crippen molar-refractivity contribution >= 4 is 21.8 Å². The highest BCUT2D eigenvalue weighted by molar-refractivity contribution is 6.13. The van der Waals surface area contributed by atoms with Gasteiger partial charge in [0, 0.05) is 23.9 Å². The number of hydrogen-bond donors (Lipinski definition) is 2. The summed E-state index contributed by atoms with van der Waals surface area (Å²) in [6, 6.07) is 23.1. The van der Waals surface area contributed by atoms with E-state index in [0.29, 0.717) is 26.3 Å². The number of para-hydroxylation sites is 1. The van der Waals surface area contributed by atoms with Gasteiger partial charge in [-0.15, -0.1) is 0 Å². The van der Waals surface area contributed by atoms with Crippen molar-refractivity contribution in [2.24, 2.45) is 0 Å². The molecule has 1 aliphatic rings. The maximum absolute atomic E-state index is 8.91. The summed E-state index contributed by atoms with van der Waals surface area (Å²) in [5.74, 6) is 1.80. The molecule has 3 aromatic carbocycles. The molecule has 29 heavy (non-hydrogen) atoms. The van der Waals surface area contributed by atoms with Crippen LogP contribution in [-0.2, 0) is 0 Å². The summed E-state index contributed by atoms with van der Waals surface area (Å²) in [4.78, 5) is 0. The Balaban J connectivity index is 1.64. The van der Waals surface area contributed by atoms with E-state index < -0.39 is 0 Å². The maximum atomic E-state index is 8.91. The molecule has 1 aliphatic heterocycles. The van der Waals surface area contributed by atoms with Gasteiger partial charge >= 0.3 is 0 Å².